The van der Waals surface area contributed by atoms with Crippen molar-refractivity contribution in [1.29, 1.82) is 10.8 Å². The van der Waals surface area contributed by atoms with Crippen molar-refractivity contribution in [2.45, 2.75) is 38.1 Å². The Morgan fingerprint density at radius 3 is 2.55 bits per heavy atom. The second-order valence-corrected chi connectivity index (χ2v) is 8.01. The highest BCUT2D eigenvalue weighted by Gasteiger charge is 2.31. The monoisotopic (exact) mass is 420 g/mol. The number of nitrogens with zero attached hydrogens (tertiary/aromatic N) is 3. The second-order valence-electron chi connectivity index (χ2n) is 8.01. The first kappa shape index (κ1) is 20.8. The first-order valence-electron chi connectivity index (χ1n) is 10.8. The van der Waals surface area contributed by atoms with Crippen molar-refractivity contribution in [2.24, 2.45) is 5.73 Å². The summed E-state index contributed by atoms with van der Waals surface area (Å²) in [6.45, 7) is 2.52. The molecule has 1 aromatic carbocycles. The molecule has 8 heteroatoms. The molecule has 4 N–H and O–H groups in total. The molecule has 4 rings (SSSR count). The number of piperidine rings is 1. The van der Waals surface area contributed by atoms with Gasteiger partial charge >= 0.3 is 5.97 Å². The number of benzene rings is 1. The summed E-state index contributed by atoms with van der Waals surface area (Å²) in [5.74, 6) is 0.478. The largest absolute Gasteiger partial charge is 0.423 e. The quantitative estimate of drug-likeness (QED) is 0.389. The molecule has 0 radical (unpaired) electrons. The molecule has 2 aromatic rings. The van der Waals surface area contributed by atoms with Gasteiger partial charge in [-0.3, -0.25) is 10.8 Å². The van der Waals surface area contributed by atoms with Crippen LogP contribution in [0.1, 0.15) is 43.4 Å². The fourth-order valence-electron chi connectivity index (χ4n) is 4.21. The average molecular weight is 421 g/mol. The number of likely N-dealkylation sites (tertiary alicyclic amines) is 1. The van der Waals surface area contributed by atoms with E-state index in [0.717, 1.165) is 51.0 Å². The van der Waals surface area contributed by atoms with Crippen LogP contribution in [0.3, 0.4) is 0 Å². The van der Waals surface area contributed by atoms with Crippen molar-refractivity contribution in [3.63, 3.8) is 0 Å². The number of carbonyl (C=O) groups excluding carboxylic acids is 1. The average Bonchev–Trinajstić information content (AvgIpc) is 3.34. The van der Waals surface area contributed by atoms with Crippen LogP contribution in [-0.2, 0) is 4.79 Å². The Bertz CT molecular complexity index is 968. The minimum atomic E-state index is -0.404. The van der Waals surface area contributed by atoms with Gasteiger partial charge in [0.05, 0.1) is 6.20 Å². The number of pyridine rings is 1. The lowest BCUT2D eigenvalue weighted by Crippen LogP contribution is -2.46. The van der Waals surface area contributed by atoms with Crippen LogP contribution in [0.5, 0.6) is 5.75 Å². The van der Waals surface area contributed by atoms with Gasteiger partial charge in [0.1, 0.15) is 29.2 Å². The van der Waals surface area contributed by atoms with Crippen molar-refractivity contribution >= 4 is 23.3 Å². The standard InChI is InChI=1S/C23H28N6O2/c24-21(25)16-6-5-7-17(14-16)29-13-2-1-8-20(29)23(30)31-18-9-10-19(27-15-18)22(26)28-11-3-4-12-28/h5-7,9-10,14-15,20,26H,1-4,8,11-13H2,(H3,24,25)/t20-/m1/s1. The highest BCUT2D eigenvalue weighted by atomic mass is 16.5. The number of aromatic nitrogens is 1. The number of rotatable bonds is 5. The summed E-state index contributed by atoms with van der Waals surface area (Å²) >= 11 is 0. The van der Waals surface area contributed by atoms with Gasteiger partial charge in [0.2, 0.25) is 0 Å². The van der Waals surface area contributed by atoms with E-state index in [4.69, 9.17) is 21.3 Å². The van der Waals surface area contributed by atoms with E-state index >= 15 is 0 Å². The molecule has 3 heterocycles. The second kappa shape index (κ2) is 9.16. The Kier molecular flexibility index (Phi) is 6.16. The van der Waals surface area contributed by atoms with Gasteiger partial charge in [-0.05, 0) is 56.4 Å². The van der Waals surface area contributed by atoms with Gasteiger partial charge in [-0.1, -0.05) is 12.1 Å². The third-order valence-electron chi connectivity index (χ3n) is 5.88. The molecule has 2 saturated heterocycles. The molecule has 0 bridgehead atoms. The smallest absolute Gasteiger partial charge is 0.334 e. The number of carbonyl (C=O) groups is 1. The molecule has 0 amide bonds. The normalized spacial score (nSPS) is 18.6. The van der Waals surface area contributed by atoms with Crippen molar-refractivity contribution < 1.29 is 9.53 Å². The topological polar surface area (TPSA) is 119 Å². The SMILES string of the molecule is N=C(N)c1cccc(N2CCCC[C@@H]2C(=O)Oc2ccc(C(=N)N3CCCC3)nc2)c1. The van der Waals surface area contributed by atoms with E-state index in [9.17, 15) is 4.79 Å². The van der Waals surface area contributed by atoms with Gasteiger partial charge in [-0.25, -0.2) is 9.78 Å². The molecule has 0 unspecified atom stereocenters. The predicted molar refractivity (Wildman–Crippen MR) is 120 cm³/mol. The first-order chi connectivity index (χ1) is 15.0. The predicted octanol–water partition coefficient (Wildman–Crippen LogP) is 2.75. The summed E-state index contributed by atoms with van der Waals surface area (Å²) in [6, 6.07) is 10.4. The maximum absolute atomic E-state index is 13.0. The van der Waals surface area contributed by atoms with E-state index in [1.54, 1.807) is 18.2 Å². The fraction of sp³-hybridized carbons (Fsp3) is 0.391. The highest BCUT2D eigenvalue weighted by Crippen LogP contribution is 2.27. The minimum absolute atomic E-state index is 0.00338. The van der Waals surface area contributed by atoms with E-state index in [-0.39, 0.29) is 11.8 Å². The van der Waals surface area contributed by atoms with Crippen molar-refractivity contribution in [3.8, 4) is 5.75 Å². The third kappa shape index (κ3) is 4.68. The summed E-state index contributed by atoms with van der Waals surface area (Å²) in [5.41, 5.74) is 7.71. The van der Waals surface area contributed by atoms with Crippen LogP contribution in [0.15, 0.2) is 42.6 Å². The van der Waals surface area contributed by atoms with Crippen LogP contribution >= 0.6 is 0 Å². The van der Waals surface area contributed by atoms with Gasteiger partial charge in [-0.2, -0.15) is 0 Å². The lowest BCUT2D eigenvalue weighted by molar-refractivity contribution is -0.136. The van der Waals surface area contributed by atoms with E-state index in [1.165, 1.54) is 6.20 Å². The van der Waals surface area contributed by atoms with Crippen LogP contribution < -0.4 is 15.4 Å². The maximum Gasteiger partial charge on any atom is 0.334 e. The molecule has 162 valence electrons. The molecule has 1 atom stereocenters. The van der Waals surface area contributed by atoms with Gasteiger partial charge in [-0.15, -0.1) is 0 Å². The van der Waals surface area contributed by atoms with Crippen LogP contribution in [0, 0.1) is 10.8 Å². The molecule has 8 nitrogen and oxygen atoms in total. The molecule has 0 saturated carbocycles. The molecule has 1 aromatic heterocycles. The lowest BCUT2D eigenvalue weighted by Gasteiger charge is -2.36. The summed E-state index contributed by atoms with van der Waals surface area (Å²) in [5, 5.41) is 16.0. The molecule has 0 aliphatic carbocycles. The van der Waals surface area contributed by atoms with Gasteiger partial charge < -0.3 is 20.3 Å². The summed E-state index contributed by atoms with van der Waals surface area (Å²) in [4.78, 5) is 21.4. The Hall–Kier alpha value is -3.42. The molecular weight excluding hydrogens is 392 g/mol. The molecule has 0 spiro atoms. The molecule has 31 heavy (non-hydrogen) atoms. The van der Waals surface area contributed by atoms with E-state index in [0.29, 0.717) is 29.3 Å². The number of nitrogen functional groups attached to an aromatic ring is 1. The van der Waals surface area contributed by atoms with Crippen LogP contribution in [-0.4, -0.2) is 53.2 Å². The van der Waals surface area contributed by atoms with Gasteiger partial charge in [0.25, 0.3) is 0 Å². The van der Waals surface area contributed by atoms with Crippen LogP contribution in [0.4, 0.5) is 5.69 Å². The van der Waals surface area contributed by atoms with Crippen LogP contribution in [0.2, 0.25) is 0 Å². The number of anilines is 1. The third-order valence-corrected chi connectivity index (χ3v) is 5.88. The minimum Gasteiger partial charge on any atom is -0.423 e. The van der Waals surface area contributed by atoms with Gasteiger partial charge in [0.15, 0.2) is 0 Å². The summed E-state index contributed by atoms with van der Waals surface area (Å²) in [7, 11) is 0. The zero-order chi connectivity index (χ0) is 21.8. The first-order valence-corrected chi connectivity index (χ1v) is 10.8. The highest BCUT2D eigenvalue weighted by molar-refractivity contribution is 5.96. The number of nitrogens with one attached hydrogen (secondary N) is 2. The van der Waals surface area contributed by atoms with Crippen molar-refractivity contribution in [2.75, 3.05) is 24.5 Å². The van der Waals surface area contributed by atoms with E-state index < -0.39 is 6.04 Å². The van der Waals surface area contributed by atoms with E-state index in [1.807, 2.05) is 28.0 Å². The Morgan fingerprint density at radius 2 is 1.84 bits per heavy atom. The molecule has 2 aliphatic rings. The number of ether oxygens (including phenoxy) is 1. The number of esters is 1. The Labute approximate surface area is 182 Å². The van der Waals surface area contributed by atoms with Crippen molar-refractivity contribution in [1.82, 2.24) is 9.88 Å². The number of amidine groups is 2. The maximum atomic E-state index is 13.0. The zero-order valence-corrected chi connectivity index (χ0v) is 17.5. The number of hydrogen-bond donors (Lipinski definition) is 3. The van der Waals surface area contributed by atoms with Gasteiger partial charge in [0, 0.05) is 30.9 Å². The Balaban J connectivity index is 1.45. The van der Waals surface area contributed by atoms with Crippen LogP contribution in [0.25, 0.3) is 0 Å². The number of hydrogen-bond acceptors (Lipinski definition) is 6. The number of nitrogens with two attached hydrogens (primary N) is 1. The molecule has 2 fully saturated rings. The van der Waals surface area contributed by atoms with E-state index in [2.05, 4.69) is 4.98 Å². The molecular formula is C23H28N6O2. The zero-order valence-electron chi connectivity index (χ0n) is 17.5. The Morgan fingerprint density at radius 1 is 1.06 bits per heavy atom. The lowest BCUT2D eigenvalue weighted by atomic mass is 10.0. The molecule has 2 aliphatic heterocycles. The fourth-order valence-corrected chi connectivity index (χ4v) is 4.21. The summed E-state index contributed by atoms with van der Waals surface area (Å²) in [6.07, 6.45) is 6.36. The van der Waals surface area contributed by atoms with Crippen molar-refractivity contribution in [3.05, 3.63) is 53.9 Å². The summed E-state index contributed by atoms with van der Waals surface area (Å²) < 4.78 is 5.65.